The molecule has 3 rings (SSSR count). The van der Waals surface area contributed by atoms with Gasteiger partial charge < -0.3 is 9.73 Å². The van der Waals surface area contributed by atoms with Gasteiger partial charge in [0.15, 0.2) is 5.82 Å². The van der Waals surface area contributed by atoms with E-state index >= 15 is 0 Å². The number of rotatable bonds is 6. The van der Waals surface area contributed by atoms with Crippen LogP contribution in [0.25, 0.3) is 11.5 Å². The van der Waals surface area contributed by atoms with Crippen molar-refractivity contribution in [3.8, 4) is 11.5 Å². The van der Waals surface area contributed by atoms with Gasteiger partial charge in [-0.25, -0.2) is 19.6 Å². The first-order chi connectivity index (χ1) is 10.7. The molecule has 0 aliphatic heterocycles. The van der Waals surface area contributed by atoms with Crippen molar-refractivity contribution in [2.45, 2.75) is 25.8 Å². The highest BCUT2D eigenvalue weighted by Crippen LogP contribution is 2.14. The van der Waals surface area contributed by atoms with Gasteiger partial charge in [0, 0.05) is 25.7 Å². The number of aromatic nitrogens is 5. The topological polar surface area (TPSA) is 81.7 Å². The van der Waals surface area contributed by atoms with Crippen molar-refractivity contribution in [2.24, 2.45) is 7.05 Å². The molecule has 114 valence electrons. The molecule has 0 fully saturated rings. The van der Waals surface area contributed by atoms with Gasteiger partial charge in [0.2, 0.25) is 5.95 Å². The Bertz CT molecular complexity index is 721. The number of nitrogens with zero attached hydrogens (tertiary/aromatic N) is 5. The van der Waals surface area contributed by atoms with Crippen LogP contribution in [0.15, 0.2) is 41.4 Å². The normalized spacial score (nSPS) is 12.3. The molecule has 0 radical (unpaired) electrons. The van der Waals surface area contributed by atoms with Crippen molar-refractivity contribution in [2.75, 3.05) is 5.32 Å². The van der Waals surface area contributed by atoms with Crippen LogP contribution in [0.2, 0.25) is 0 Å². The van der Waals surface area contributed by atoms with Crippen LogP contribution in [0.4, 0.5) is 5.95 Å². The largest absolute Gasteiger partial charge is 0.469 e. The summed E-state index contributed by atoms with van der Waals surface area (Å²) in [5.41, 5.74) is 0.746. The molecule has 3 aromatic rings. The van der Waals surface area contributed by atoms with Crippen LogP contribution in [0.1, 0.15) is 19.1 Å². The second-order valence-electron chi connectivity index (χ2n) is 5.14. The zero-order valence-corrected chi connectivity index (χ0v) is 12.6. The Balaban J connectivity index is 1.64. The number of nitrogens with one attached hydrogen (secondary N) is 1. The Labute approximate surface area is 128 Å². The molecule has 0 amide bonds. The summed E-state index contributed by atoms with van der Waals surface area (Å²) in [5, 5.41) is 7.36. The highest BCUT2D eigenvalue weighted by molar-refractivity contribution is 5.50. The molecular weight excluding hydrogens is 280 g/mol. The first-order valence-corrected chi connectivity index (χ1v) is 7.18. The molecule has 0 aromatic carbocycles. The molecule has 1 unspecified atom stereocenters. The standard InChI is InChI=1S/C15H18N6O/c1-11(5-6-12-4-3-9-22-12)19-15-16-8-7-13(20-15)14-17-10-18-21(14)2/h3-4,7-11H,5-6H2,1-2H3,(H,16,19,20). The first kappa shape index (κ1) is 14.2. The zero-order chi connectivity index (χ0) is 15.4. The molecular formula is C15H18N6O. The fourth-order valence-electron chi connectivity index (χ4n) is 2.19. The number of aryl methyl sites for hydroxylation is 2. The van der Waals surface area contributed by atoms with Crippen molar-refractivity contribution in [3.63, 3.8) is 0 Å². The van der Waals surface area contributed by atoms with E-state index in [1.54, 1.807) is 17.1 Å². The molecule has 1 N–H and O–H groups in total. The third-order valence-electron chi connectivity index (χ3n) is 3.38. The predicted octanol–water partition coefficient (Wildman–Crippen LogP) is 2.30. The Morgan fingerprint density at radius 3 is 2.95 bits per heavy atom. The van der Waals surface area contributed by atoms with Crippen LogP contribution >= 0.6 is 0 Å². The van der Waals surface area contributed by atoms with Gasteiger partial charge in [-0.3, -0.25) is 0 Å². The minimum absolute atomic E-state index is 0.236. The van der Waals surface area contributed by atoms with Crippen LogP contribution in [0.3, 0.4) is 0 Å². The minimum atomic E-state index is 0.236. The van der Waals surface area contributed by atoms with Crippen molar-refractivity contribution in [3.05, 3.63) is 42.7 Å². The van der Waals surface area contributed by atoms with Gasteiger partial charge in [0.25, 0.3) is 0 Å². The molecule has 0 bridgehead atoms. The Hall–Kier alpha value is -2.70. The summed E-state index contributed by atoms with van der Waals surface area (Å²) in [4.78, 5) is 13.0. The summed E-state index contributed by atoms with van der Waals surface area (Å²) < 4.78 is 7.03. The lowest BCUT2D eigenvalue weighted by Crippen LogP contribution is -2.18. The van der Waals surface area contributed by atoms with E-state index < -0.39 is 0 Å². The summed E-state index contributed by atoms with van der Waals surface area (Å²) in [7, 11) is 1.84. The monoisotopic (exact) mass is 298 g/mol. The third-order valence-corrected chi connectivity index (χ3v) is 3.38. The van der Waals surface area contributed by atoms with E-state index in [9.17, 15) is 0 Å². The maximum Gasteiger partial charge on any atom is 0.223 e. The SMILES string of the molecule is CC(CCc1ccco1)Nc1nccc(-c2ncnn2C)n1. The molecule has 1 atom stereocenters. The molecule has 3 heterocycles. The highest BCUT2D eigenvalue weighted by atomic mass is 16.3. The van der Waals surface area contributed by atoms with Crippen molar-refractivity contribution in [1.29, 1.82) is 0 Å². The minimum Gasteiger partial charge on any atom is -0.469 e. The maximum absolute atomic E-state index is 5.34. The third kappa shape index (κ3) is 3.30. The fourth-order valence-corrected chi connectivity index (χ4v) is 2.19. The van der Waals surface area contributed by atoms with E-state index in [2.05, 4.69) is 32.3 Å². The maximum atomic E-state index is 5.34. The molecule has 22 heavy (non-hydrogen) atoms. The molecule has 0 aliphatic rings. The Morgan fingerprint density at radius 1 is 1.32 bits per heavy atom. The Morgan fingerprint density at radius 2 is 2.23 bits per heavy atom. The number of hydrogen-bond acceptors (Lipinski definition) is 6. The number of furan rings is 1. The lowest BCUT2D eigenvalue weighted by molar-refractivity contribution is 0.494. The second kappa shape index (κ2) is 6.38. The van der Waals surface area contributed by atoms with Crippen LogP contribution in [0, 0.1) is 0 Å². The van der Waals surface area contributed by atoms with E-state index in [-0.39, 0.29) is 6.04 Å². The first-order valence-electron chi connectivity index (χ1n) is 7.18. The molecule has 7 heteroatoms. The average molecular weight is 298 g/mol. The smallest absolute Gasteiger partial charge is 0.223 e. The van der Waals surface area contributed by atoms with E-state index in [0.29, 0.717) is 11.8 Å². The van der Waals surface area contributed by atoms with E-state index in [4.69, 9.17) is 4.42 Å². The van der Waals surface area contributed by atoms with Gasteiger partial charge in [-0.05, 0) is 31.5 Å². The van der Waals surface area contributed by atoms with Gasteiger partial charge >= 0.3 is 0 Å². The van der Waals surface area contributed by atoms with Gasteiger partial charge in [-0.1, -0.05) is 0 Å². The fraction of sp³-hybridized carbons (Fsp3) is 0.333. The van der Waals surface area contributed by atoms with Crippen LogP contribution in [-0.4, -0.2) is 30.8 Å². The highest BCUT2D eigenvalue weighted by Gasteiger charge is 2.10. The molecule has 7 nitrogen and oxygen atoms in total. The van der Waals surface area contributed by atoms with Gasteiger partial charge in [-0.2, -0.15) is 5.10 Å². The second-order valence-corrected chi connectivity index (χ2v) is 5.14. The van der Waals surface area contributed by atoms with Gasteiger partial charge in [-0.15, -0.1) is 0 Å². The molecule has 0 spiro atoms. The number of hydrogen-bond donors (Lipinski definition) is 1. The quantitative estimate of drug-likeness (QED) is 0.752. The molecule has 0 saturated carbocycles. The molecule has 0 saturated heterocycles. The van der Waals surface area contributed by atoms with E-state index in [1.807, 2.05) is 25.2 Å². The zero-order valence-electron chi connectivity index (χ0n) is 12.6. The van der Waals surface area contributed by atoms with Crippen molar-refractivity contribution >= 4 is 5.95 Å². The summed E-state index contributed by atoms with van der Waals surface area (Å²) in [6.07, 6.45) is 6.74. The predicted molar refractivity (Wildman–Crippen MR) is 82.1 cm³/mol. The summed E-state index contributed by atoms with van der Waals surface area (Å²) in [6, 6.07) is 5.95. The number of anilines is 1. The van der Waals surface area contributed by atoms with Gasteiger partial charge in [0.1, 0.15) is 17.8 Å². The summed E-state index contributed by atoms with van der Waals surface area (Å²) in [6.45, 7) is 2.10. The average Bonchev–Trinajstić information content (AvgIpc) is 3.16. The van der Waals surface area contributed by atoms with E-state index in [1.165, 1.54) is 6.33 Å². The lowest BCUT2D eigenvalue weighted by atomic mass is 10.1. The Kier molecular flexibility index (Phi) is 4.13. The lowest BCUT2D eigenvalue weighted by Gasteiger charge is -2.13. The van der Waals surface area contributed by atoms with Crippen molar-refractivity contribution in [1.82, 2.24) is 24.7 Å². The van der Waals surface area contributed by atoms with E-state index in [0.717, 1.165) is 24.3 Å². The molecule has 0 aliphatic carbocycles. The van der Waals surface area contributed by atoms with Gasteiger partial charge in [0.05, 0.1) is 6.26 Å². The van der Waals surface area contributed by atoms with Crippen LogP contribution in [0.5, 0.6) is 0 Å². The van der Waals surface area contributed by atoms with Crippen LogP contribution < -0.4 is 5.32 Å². The van der Waals surface area contributed by atoms with Crippen molar-refractivity contribution < 1.29 is 4.42 Å². The summed E-state index contributed by atoms with van der Waals surface area (Å²) >= 11 is 0. The summed E-state index contributed by atoms with van der Waals surface area (Å²) in [5.74, 6) is 2.29. The molecule has 3 aromatic heterocycles. The van der Waals surface area contributed by atoms with Crippen LogP contribution in [-0.2, 0) is 13.5 Å².